The third kappa shape index (κ3) is 4.03. The van der Waals surface area contributed by atoms with Gasteiger partial charge in [0.1, 0.15) is 0 Å². The SMILES string of the molecule is CC(=NN1CCN(c2ccc(C)cc2)CC1)c1ccc(Cl)c(Cl)c1. The van der Waals surface area contributed by atoms with E-state index < -0.39 is 0 Å². The molecule has 0 saturated carbocycles. The van der Waals surface area contributed by atoms with E-state index in [9.17, 15) is 0 Å². The van der Waals surface area contributed by atoms with Crippen molar-refractivity contribution >= 4 is 34.6 Å². The summed E-state index contributed by atoms with van der Waals surface area (Å²) in [5, 5.41) is 8.00. The zero-order valence-electron chi connectivity index (χ0n) is 14.0. The molecule has 0 amide bonds. The van der Waals surface area contributed by atoms with E-state index in [1.54, 1.807) is 0 Å². The Morgan fingerprint density at radius 2 is 1.58 bits per heavy atom. The van der Waals surface area contributed by atoms with E-state index in [0.717, 1.165) is 37.5 Å². The Labute approximate surface area is 153 Å². The molecule has 0 aromatic heterocycles. The fourth-order valence-corrected chi connectivity index (χ4v) is 3.10. The van der Waals surface area contributed by atoms with Crippen molar-refractivity contribution in [3.05, 3.63) is 63.6 Å². The van der Waals surface area contributed by atoms with Crippen LogP contribution in [0.5, 0.6) is 0 Å². The maximum absolute atomic E-state index is 6.09. The van der Waals surface area contributed by atoms with Gasteiger partial charge in [0.2, 0.25) is 0 Å². The summed E-state index contributed by atoms with van der Waals surface area (Å²) < 4.78 is 0. The quantitative estimate of drug-likeness (QED) is 0.727. The smallest absolute Gasteiger partial charge is 0.0647 e. The molecule has 2 aromatic carbocycles. The maximum atomic E-state index is 6.09. The van der Waals surface area contributed by atoms with Gasteiger partial charge in [0.25, 0.3) is 0 Å². The van der Waals surface area contributed by atoms with Gasteiger partial charge < -0.3 is 4.90 Å². The van der Waals surface area contributed by atoms with Gasteiger partial charge in [-0.2, -0.15) is 5.10 Å². The first-order valence-electron chi connectivity index (χ1n) is 8.10. The van der Waals surface area contributed by atoms with E-state index in [4.69, 9.17) is 28.3 Å². The van der Waals surface area contributed by atoms with Crippen molar-refractivity contribution in [2.75, 3.05) is 31.1 Å². The number of aryl methyl sites for hydroxylation is 1. The van der Waals surface area contributed by atoms with Crippen LogP contribution in [-0.2, 0) is 0 Å². The Balaban J connectivity index is 1.63. The van der Waals surface area contributed by atoms with Crippen molar-refractivity contribution in [3.8, 4) is 0 Å². The van der Waals surface area contributed by atoms with Crippen LogP contribution in [0.1, 0.15) is 18.1 Å². The first-order valence-corrected chi connectivity index (χ1v) is 8.86. The highest BCUT2D eigenvalue weighted by atomic mass is 35.5. The van der Waals surface area contributed by atoms with Crippen molar-refractivity contribution in [1.82, 2.24) is 5.01 Å². The van der Waals surface area contributed by atoms with Crippen LogP contribution in [-0.4, -0.2) is 36.9 Å². The average Bonchev–Trinajstić information content (AvgIpc) is 2.59. The minimum Gasteiger partial charge on any atom is -0.368 e. The standard InChI is InChI=1S/C19H21Cl2N3/c1-14-3-6-17(7-4-14)23-9-11-24(12-10-23)22-15(2)16-5-8-18(20)19(21)13-16/h3-8,13H,9-12H2,1-2H3. The van der Waals surface area contributed by atoms with Crippen LogP contribution in [0.2, 0.25) is 10.0 Å². The molecule has 1 fully saturated rings. The molecule has 0 spiro atoms. The normalized spacial score (nSPS) is 15.8. The number of piperazine rings is 1. The third-order valence-corrected chi connectivity index (χ3v) is 5.02. The number of benzene rings is 2. The van der Waals surface area contributed by atoms with Gasteiger partial charge in [-0.05, 0) is 43.7 Å². The number of anilines is 1. The van der Waals surface area contributed by atoms with Crippen molar-refractivity contribution < 1.29 is 0 Å². The van der Waals surface area contributed by atoms with Gasteiger partial charge in [0.15, 0.2) is 0 Å². The molecule has 0 atom stereocenters. The van der Waals surface area contributed by atoms with Crippen LogP contribution in [0, 0.1) is 6.92 Å². The zero-order chi connectivity index (χ0) is 17.1. The Hall–Kier alpha value is -1.71. The molecule has 1 saturated heterocycles. The topological polar surface area (TPSA) is 18.8 Å². The Kier molecular flexibility index (Phi) is 5.32. The minimum atomic E-state index is 0.563. The zero-order valence-corrected chi connectivity index (χ0v) is 15.5. The van der Waals surface area contributed by atoms with Gasteiger partial charge in [-0.25, -0.2) is 0 Å². The highest BCUT2D eigenvalue weighted by Gasteiger charge is 2.16. The second-order valence-corrected chi connectivity index (χ2v) is 6.90. The molecule has 0 bridgehead atoms. The van der Waals surface area contributed by atoms with Crippen LogP contribution in [0.15, 0.2) is 47.6 Å². The lowest BCUT2D eigenvalue weighted by molar-refractivity contribution is 0.270. The Bertz CT molecular complexity index is 733. The van der Waals surface area contributed by atoms with Crippen molar-refractivity contribution in [2.24, 2.45) is 5.10 Å². The molecular formula is C19H21Cl2N3. The first-order chi connectivity index (χ1) is 11.5. The van der Waals surface area contributed by atoms with Crippen molar-refractivity contribution in [3.63, 3.8) is 0 Å². The van der Waals surface area contributed by atoms with Gasteiger partial charge in [-0.3, -0.25) is 5.01 Å². The summed E-state index contributed by atoms with van der Waals surface area (Å²) >= 11 is 12.1. The predicted molar refractivity (Wildman–Crippen MR) is 104 cm³/mol. The molecule has 3 rings (SSSR count). The second-order valence-electron chi connectivity index (χ2n) is 6.09. The number of hydrogen-bond acceptors (Lipinski definition) is 3. The van der Waals surface area contributed by atoms with Gasteiger partial charge in [-0.1, -0.05) is 47.0 Å². The van der Waals surface area contributed by atoms with Gasteiger partial charge >= 0.3 is 0 Å². The van der Waals surface area contributed by atoms with Crippen LogP contribution in [0.25, 0.3) is 0 Å². The van der Waals surface area contributed by atoms with Crippen LogP contribution < -0.4 is 4.90 Å². The molecule has 24 heavy (non-hydrogen) atoms. The van der Waals surface area contributed by atoms with E-state index in [1.807, 2.05) is 25.1 Å². The van der Waals surface area contributed by atoms with Crippen molar-refractivity contribution in [1.29, 1.82) is 0 Å². The van der Waals surface area contributed by atoms with Crippen LogP contribution in [0.3, 0.4) is 0 Å². The summed E-state index contributed by atoms with van der Waals surface area (Å²) in [6, 6.07) is 14.3. The summed E-state index contributed by atoms with van der Waals surface area (Å²) in [6.45, 7) is 7.88. The molecule has 0 radical (unpaired) electrons. The second kappa shape index (κ2) is 7.45. The first kappa shape index (κ1) is 17.1. The van der Waals surface area contributed by atoms with Crippen LogP contribution in [0.4, 0.5) is 5.69 Å². The molecule has 126 valence electrons. The van der Waals surface area contributed by atoms with E-state index in [2.05, 4.69) is 41.1 Å². The molecule has 0 aliphatic carbocycles. The lowest BCUT2D eigenvalue weighted by Gasteiger charge is -2.35. The van der Waals surface area contributed by atoms with Gasteiger partial charge in [-0.15, -0.1) is 0 Å². The fraction of sp³-hybridized carbons (Fsp3) is 0.316. The number of rotatable bonds is 3. The fourth-order valence-electron chi connectivity index (χ4n) is 2.80. The highest BCUT2D eigenvalue weighted by Crippen LogP contribution is 2.23. The van der Waals surface area contributed by atoms with Crippen LogP contribution >= 0.6 is 23.2 Å². The molecule has 1 aliphatic rings. The van der Waals surface area contributed by atoms with Gasteiger partial charge in [0, 0.05) is 18.8 Å². The Morgan fingerprint density at radius 1 is 0.917 bits per heavy atom. The molecule has 0 unspecified atom stereocenters. The summed E-state index contributed by atoms with van der Waals surface area (Å²) in [7, 11) is 0. The average molecular weight is 362 g/mol. The summed E-state index contributed by atoms with van der Waals surface area (Å²) in [6.07, 6.45) is 0. The summed E-state index contributed by atoms with van der Waals surface area (Å²) in [4.78, 5) is 2.40. The monoisotopic (exact) mass is 361 g/mol. The molecule has 0 N–H and O–H groups in total. The Morgan fingerprint density at radius 3 is 2.21 bits per heavy atom. The number of hydrazone groups is 1. The molecule has 1 aliphatic heterocycles. The lowest BCUT2D eigenvalue weighted by atomic mass is 10.1. The molecule has 1 heterocycles. The maximum Gasteiger partial charge on any atom is 0.0647 e. The van der Waals surface area contributed by atoms with E-state index >= 15 is 0 Å². The predicted octanol–water partition coefficient (Wildman–Crippen LogP) is 4.85. The summed E-state index contributed by atoms with van der Waals surface area (Å²) in [5.41, 5.74) is 4.53. The minimum absolute atomic E-state index is 0.563. The number of halogens is 2. The highest BCUT2D eigenvalue weighted by molar-refractivity contribution is 6.42. The largest absolute Gasteiger partial charge is 0.368 e. The summed E-state index contributed by atoms with van der Waals surface area (Å²) in [5.74, 6) is 0. The molecule has 2 aromatic rings. The molecular weight excluding hydrogens is 341 g/mol. The number of nitrogens with zero attached hydrogens (tertiary/aromatic N) is 3. The third-order valence-electron chi connectivity index (χ3n) is 4.28. The molecule has 5 heteroatoms. The van der Waals surface area contributed by atoms with E-state index in [1.165, 1.54) is 11.3 Å². The molecule has 3 nitrogen and oxygen atoms in total. The van der Waals surface area contributed by atoms with Gasteiger partial charge in [0.05, 0.1) is 28.8 Å². The van der Waals surface area contributed by atoms with E-state index in [-0.39, 0.29) is 0 Å². The van der Waals surface area contributed by atoms with E-state index in [0.29, 0.717) is 10.0 Å². The lowest BCUT2D eigenvalue weighted by Crippen LogP contribution is -2.44. The van der Waals surface area contributed by atoms with Crippen molar-refractivity contribution in [2.45, 2.75) is 13.8 Å². The number of hydrogen-bond donors (Lipinski definition) is 0.